The van der Waals surface area contributed by atoms with Gasteiger partial charge in [-0.05, 0) is 40.8 Å². The molecule has 1 rings (SSSR count). The van der Waals surface area contributed by atoms with E-state index >= 15 is 0 Å². The topological polar surface area (TPSA) is 87.1 Å². The quantitative estimate of drug-likeness (QED) is 0.459. The smallest absolute Gasteiger partial charge is 0.259 e. The summed E-state index contributed by atoms with van der Waals surface area (Å²) in [6.07, 6.45) is 1.25. The van der Waals surface area contributed by atoms with E-state index in [1.165, 1.54) is 6.08 Å². The number of nitrogens with zero attached hydrogens (tertiary/aromatic N) is 1. The van der Waals surface area contributed by atoms with Crippen LogP contribution in [-0.2, 0) is 4.79 Å². The van der Waals surface area contributed by atoms with Crippen LogP contribution in [0, 0.1) is 14.9 Å². The first-order valence-corrected chi connectivity index (χ1v) is 5.92. The molecule has 4 nitrogen and oxygen atoms in total. The second-order valence-electron chi connectivity index (χ2n) is 2.86. The second-order valence-corrected chi connectivity index (χ2v) is 4.94. The Balaban J connectivity index is 3.35. The highest BCUT2D eigenvalue weighted by Crippen LogP contribution is 2.30. The minimum atomic E-state index is -0.822. The molecule has 0 fully saturated rings. The van der Waals surface area contributed by atoms with Gasteiger partial charge in [0, 0.05) is 10.0 Å². The van der Waals surface area contributed by atoms with Crippen LogP contribution in [0.15, 0.2) is 22.2 Å². The van der Waals surface area contributed by atoms with Gasteiger partial charge in [-0.1, -0.05) is 15.9 Å². The first-order valence-electron chi connectivity index (χ1n) is 4.05. The minimum absolute atomic E-state index is 0.0119. The fourth-order valence-corrected chi connectivity index (χ4v) is 2.56. The standard InChI is InChI=1S/C10H6BrIN2O2/c11-7-2-5(9(15)8(12)3-7)1-6(4-13)10(14)16/h1-3,15H,(H2,14,16)/b6-1+. The lowest BCUT2D eigenvalue weighted by Crippen LogP contribution is -2.12. The maximum absolute atomic E-state index is 10.9. The molecule has 82 valence electrons. The van der Waals surface area contributed by atoms with E-state index in [1.807, 2.05) is 22.6 Å². The Morgan fingerprint density at radius 1 is 1.62 bits per heavy atom. The van der Waals surface area contributed by atoms with E-state index in [0.29, 0.717) is 9.13 Å². The summed E-state index contributed by atoms with van der Waals surface area (Å²) in [5, 5.41) is 18.4. The third kappa shape index (κ3) is 2.96. The molecular weight excluding hydrogens is 387 g/mol. The molecule has 1 aromatic rings. The number of phenols is 1. The van der Waals surface area contributed by atoms with Crippen molar-refractivity contribution >= 4 is 50.5 Å². The van der Waals surface area contributed by atoms with Gasteiger partial charge in [0.25, 0.3) is 5.91 Å². The first-order chi connectivity index (χ1) is 7.45. The van der Waals surface area contributed by atoms with Crippen molar-refractivity contribution in [3.63, 3.8) is 0 Å². The van der Waals surface area contributed by atoms with E-state index in [0.717, 1.165) is 4.47 Å². The van der Waals surface area contributed by atoms with Gasteiger partial charge in [0.15, 0.2) is 0 Å². The summed E-state index contributed by atoms with van der Waals surface area (Å²) in [5.41, 5.74) is 5.16. The van der Waals surface area contributed by atoms with Gasteiger partial charge in [0.1, 0.15) is 17.4 Å². The van der Waals surface area contributed by atoms with Crippen LogP contribution in [0.1, 0.15) is 5.56 Å². The number of hydrogen-bond donors (Lipinski definition) is 2. The molecule has 0 unspecified atom stereocenters. The maximum Gasteiger partial charge on any atom is 0.259 e. The second kappa shape index (κ2) is 5.32. The molecule has 1 aromatic carbocycles. The van der Waals surface area contributed by atoms with E-state index in [9.17, 15) is 9.90 Å². The van der Waals surface area contributed by atoms with Crippen molar-refractivity contribution in [1.29, 1.82) is 5.26 Å². The summed E-state index contributed by atoms with van der Waals surface area (Å²) < 4.78 is 1.35. The number of carbonyl (C=O) groups excluding carboxylic acids is 1. The van der Waals surface area contributed by atoms with Crippen molar-refractivity contribution in [3.05, 3.63) is 31.3 Å². The van der Waals surface area contributed by atoms with Crippen molar-refractivity contribution in [2.24, 2.45) is 5.73 Å². The van der Waals surface area contributed by atoms with E-state index < -0.39 is 5.91 Å². The molecular formula is C10H6BrIN2O2. The van der Waals surface area contributed by atoms with Crippen LogP contribution in [0.4, 0.5) is 0 Å². The van der Waals surface area contributed by atoms with Crippen LogP contribution >= 0.6 is 38.5 Å². The van der Waals surface area contributed by atoms with Crippen molar-refractivity contribution in [1.82, 2.24) is 0 Å². The molecule has 0 aliphatic rings. The van der Waals surface area contributed by atoms with Gasteiger partial charge < -0.3 is 10.8 Å². The molecule has 16 heavy (non-hydrogen) atoms. The molecule has 0 spiro atoms. The number of nitriles is 1. The molecule has 1 amide bonds. The fraction of sp³-hybridized carbons (Fsp3) is 0. The zero-order valence-electron chi connectivity index (χ0n) is 7.87. The SMILES string of the molecule is N#C/C(=C\c1cc(Br)cc(I)c1O)C(N)=O. The number of hydrogen-bond acceptors (Lipinski definition) is 3. The molecule has 3 N–H and O–H groups in total. The number of carbonyl (C=O) groups is 1. The van der Waals surface area contributed by atoms with E-state index in [4.69, 9.17) is 11.0 Å². The normalized spacial score (nSPS) is 10.9. The Kier molecular flexibility index (Phi) is 4.32. The number of amides is 1. The molecule has 0 saturated heterocycles. The highest BCUT2D eigenvalue weighted by Gasteiger charge is 2.09. The minimum Gasteiger partial charge on any atom is -0.506 e. The van der Waals surface area contributed by atoms with Crippen LogP contribution in [0.5, 0.6) is 5.75 Å². The van der Waals surface area contributed by atoms with Crippen LogP contribution in [0.3, 0.4) is 0 Å². The Bertz CT molecular complexity index is 520. The number of benzene rings is 1. The van der Waals surface area contributed by atoms with Gasteiger partial charge in [-0.15, -0.1) is 0 Å². The predicted octanol–water partition coefficient (Wildman–Crippen LogP) is 2.15. The molecule has 0 saturated carbocycles. The van der Waals surface area contributed by atoms with Gasteiger partial charge in [-0.3, -0.25) is 4.79 Å². The first kappa shape index (κ1) is 13.0. The van der Waals surface area contributed by atoms with Gasteiger partial charge >= 0.3 is 0 Å². The lowest BCUT2D eigenvalue weighted by Gasteiger charge is -2.03. The summed E-state index contributed by atoms with van der Waals surface area (Å²) in [6, 6.07) is 4.98. The average molecular weight is 393 g/mol. The highest BCUT2D eigenvalue weighted by atomic mass is 127. The van der Waals surface area contributed by atoms with Crippen LogP contribution in [-0.4, -0.2) is 11.0 Å². The predicted molar refractivity (Wildman–Crippen MR) is 71.3 cm³/mol. The Morgan fingerprint density at radius 2 is 2.25 bits per heavy atom. The molecule has 0 aromatic heterocycles. The molecule has 0 atom stereocenters. The molecule has 0 heterocycles. The zero-order valence-corrected chi connectivity index (χ0v) is 11.6. The van der Waals surface area contributed by atoms with Gasteiger partial charge in [0.05, 0.1) is 3.57 Å². The summed E-state index contributed by atoms with van der Waals surface area (Å²) in [6.45, 7) is 0. The Labute approximate surface area is 114 Å². The number of aromatic hydroxyl groups is 1. The number of halogens is 2. The average Bonchev–Trinajstić information content (AvgIpc) is 2.20. The number of primary amides is 1. The van der Waals surface area contributed by atoms with Gasteiger partial charge in [-0.2, -0.15) is 5.26 Å². The maximum atomic E-state index is 10.9. The Hall–Kier alpha value is -1.07. The number of phenolic OH excluding ortho intramolecular Hbond substituents is 1. The monoisotopic (exact) mass is 392 g/mol. The van der Waals surface area contributed by atoms with Crippen molar-refractivity contribution in [3.8, 4) is 11.8 Å². The molecule has 0 radical (unpaired) electrons. The van der Waals surface area contributed by atoms with Gasteiger partial charge in [0.2, 0.25) is 0 Å². The fourth-order valence-electron chi connectivity index (χ4n) is 1.01. The summed E-state index contributed by atoms with van der Waals surface area (Å²) >= 11 is 5.20. The van der Waals surface area contributed by atoms with Crippen molar-refractivity contribution in [2.45, 2.75) is 0 Å². The lowest BCUT2D eigenvalue weighted by atomic mass is 10.1. The van der Waals surface area contributed by atoms with E-state index in [-0.39, 0.29) is 11.3 Å². The van der Waals surface area contributed by atoms with E-state index in [2.05, 4.69) is 15.9 Å². The zero-order chi connectivity index (χ0) is 12.3. The molecule has 0 aliphatic heterocycles. The van der Waals surface area contributed by atoms with Crippen molar-refractivity contribution in [2.75, 3.05) is 0 Å². The summed E-state index contributed by atoms with van der Waals surface area (Å²) in [5.74, 6) is -0.810. The number of nitrogens with two attached hydrogens (primary N) is 1. The number of rotatable bonds is 2. The molecule has 0 bridgehead atoms. The largest absolute Gasteiger partial charge is 0.506 e. The van der Waals surface area contributed by atoms with Crippen LogP contribution in [0.2, 0.25) is 0 Å². The Morgan fingerprint density at radius 3 is 2.75 bits per heavy atom. The van der Waals surface area contributed by atoms with Crippen LogP contribution < -0.4 is 5.73 Å². The molecule has 6 heteroatoms. The third-order valence-corrected chi connectivity index (χ3v) is 3.02. The van der Waals surface area contributed by atoms with Crippen molar-refractivity contribution < 1.29 is 9.90 Å². The van der Waals surface area contributed by atoms with Gasteiger partial charge in [-0.25, -0.2) is 0 Å². The molecule has 0 aliphatic carbocycles. The van der Waals surface area contributed by atoms with Crippen LogP contribution in [0.25, 0.3) is 6.08 Å². The summed E-state index contributed by atoms with van der Waals surface area (Å²) in [7, 11) is 0. The summed E-state index contributed by atoms with van der Waals surface area (Å²) in [4.78, 5) is 10.9. The van der Waals surface area contributed by atoms with E-state index in [1.54, 1.807) is 18.2 Å². The third-order valence-electron chi connectivity index (χ3n) is 1.74. The lowest BCUT2D eigenvalue weighted by molar-refractivity contribution is -0.114. The highest BCUT2D eigenvalue weighted by molar-refractivity contribution is 14.1.